The smallest absolute Gasteiger partial charge is 0.303 e. The summed E-state index contributed by atoms with van der Waals surface area (Å²) in [4.78, 5) is 12.8. The molecule has 1 aromatic heterocycles. The Balaban J connectivity index is 1.94. The monoisotopic (exact) mass is 253 g/mol. The Morgan fingerprint density at radius 1 is 1.56 bits per heavy atom. The van der Waals surface area contributed by atoms with Crippen molar-refractivity contribution in [1.82, 2.24) is 14.7 Å². The second-order valence-corrected chi connectivity index (χ2v) is 4.85. The zero-order valence-corrected chi connectivity index (χ0v) is 11.0. The van der Waals surface area contributed by atoms with Crippen molar-refractivity contribution in [2.45, 2.75) is 19.9 Å². The van der Waals surface area contributed by atoms with E-state index in [0.717, 1.165) is 36.8 Å². The number of carboxylic acid groups (broad SMARTS) is 1. The van der Waals surface area contributed by atoms with Gasteiger partial charge < -0.3 is 9.84 Å². The lowest BCUT2D eigenvalue weighted by Gasteiger charge is -2.38. The predicted octanol–water partition coefficient (Wildman–Crippen LogP) is 0.644. The minimum atomic E-state index is -0.713. The van der Waals surface area contributed by atoms with Crippen LogP contribution in [0.1, 0.15) is 17.7 Å². The van der Waals surface area contributed by atoms with Crippen molar-refractivity contribution in [2.24, 2.45) is 13.0 Å². The summed E-state index contributed by atoms with van der Waals surface area (Å²) in [7, 11) is 3.50. The van der Waals surface area contributed by atoms with Gasteiger partial charge >= 0.3 is 5.97 Å². The molecule has 2 rings (SSSR count). The van der Waals surface area contributed by atoms with Crippen LogP contribution in [0.25, 0.3) is 0 Å². The molecule has 6 nitrogen and oxygen atoms in total. The highest BCUT2D eigenvalue weighted by Crippen LogP contribution is 2.27. The number of hydrogen-bond acceptors (Lipinski definition) is 4. The topological polar surface area (TPSA) is 67.6 Å². The summed E-state index contributed by atoms with van der Waals surface area (Å²) in [6.07, 6.45) is 0.264. The second kappa shape index (κ2) is 4.97. The van der Waals surface area contributed by atoms with Crippen LogP contribution in [0.2, 0.25) is 0 Å². The number of hydrogen-bond donors (Lipinski definition) is 1. The first-order valence-electron chi connectivity index (χ1n) is 6.02. The molecular weight excluding hydrogens is 234 g/mol. The zero-order valence-electron chi connectivity index (χ0n) is 11.0. The van der Waals surface area contributed by atoms with Crippen LogP contribution in [0.5, 0.6) is 5.88 Å². The summed E-state index contributed by atoms with van der Waals surface area (Å²) in [6, 6.07) is 0. The molecule has 1 saturated heterocycles. The molecule has 1 N–H and O–H groups in total. The average molecular weight is 253 g/mol. The van der Waals surface area contributed by atoms with Crippen LogP contribution >= 0.6 is 0 Å². The molecule has 1 aliphatic heterocycles. The van der Waals surface area contributed by atoms with E-state index in [1.165, 1.54) is 0 Å². The first kappa shape index (κ1) is 12.9. The molecule has 0 aromatic carbocycles. The Morgan fingerprint density at radius 3 is 2.78 bits per heavy atom. The van der Waals surface area contributed by atoms with Gasteiger partial charge in [-0.25, -0.2) is 4.68 Å². The Labute approximate surface area is 106 Å². The molecule has 0 saturated carbocycles. The lowest BCUT2D eigenvalue weighted by molar-refractivity contribution is -0.139. The molecule has 1 aliphatic rings. The van der Waals surface area contributed by atoms with Crippen LogP contribution in [-0.2, 0) is 18.4 Å². The van der Waals surface area contributed by atoms with Crippen molar-refractivity contribution in [3.05, 3.63) is 11.3 Å². The lowest BCUT2D eigenvalue weighted by atomic mass is 9.96. The first-order chi connectivity index (χ1) is 8.51. The molecule has 0 radical (unpaired) electrons. The van der Waals surface area contributed by atoms with Gasteiger partial charge in [-0.05, 0) is 12.8 Å². The normalized spacial score (nSPS) is 16.6. The van der Waals surface area contributed by atoms with Gasteiger partial charge in [0.25, 0.3) is 0 Å². The van der Waals surface area contributed by atoms with Crippen LogP contribution in [0.3, 0.4) is 0 Å². The van der Waals surface area contributed by atoms with Gasteiger partial charge in [0.1, 0.15) is 0 Å². The molecule has 0 amide bonds. The summed E-state index contributed by atoms with van der Waals surface area (Å²) in [6.45, 7) is 4.42. The van der Waals surface area contributed by atoms with E-state index in [2.05, 4.69) is 10.00 Å². The number of rotatable bonds is 5. The van der Waals surface area contributed by atoms with E-state index in [9.17, 15) is 4.79 Å². The van der Waals surface area contributed by atoms with E-state index in [4.69, 9.17) is 9.84 Å². The van der Waals surface area contributed by atoms with Gasteiger partial charge in [0, 0.05) is 26.7 Å². The van der Waals surface area contributed by atoms with Crippen LogP contribution in [0, 0.1) is 12.8 Å². The SMILES string of the molecule is COc1c(CN2CC(CC(=O)O)C2)c(C)nn1C. The molecule has 0 unspecified atom stereocenters. The standard InChI is InChI=1S/C12H19N3O3/c1-8-10(12(18-3)14(2)13-8)7-15-5-9(6-15)4-11(16)17/h9H,4-7H2,1-3H3,(H,16,17). The van der Waals surface area contributed by atoms with E-state index >= 15 is 0 Å². The summed E-state index contributed by atoms with van der Waals surface area (Å²) < 4.78 is 7.07. The molecular formula is C12H19N3O3. The third-order valence-electron chi connectivity index (χ3n) is 3.36. The minimum absolute atomic E-state index is 0.264. The number of aryl methyl sites for hydroxylation is 2. The van der Waals surface area contributed by atoms with Crippen molar-refractivity contribution in [1.29, 1.82) is 0 Å². The summed E-state index contributed by atoms with van der Waals surface area (Å²) in [5.74, 6) is 0.356. The van der Waals surface area contributed by atoms with E-state index in [1.54, 1.807) is 11.8 Å². The Hall–Kier alpha value is -1.56. The third kappa shape index (κ3) is 2.48. The maximum Gasteiger partial charge on any atom is 0.303 e. The van der Waals surface area contributed by atoms with Crippen molar-refractivity contribution in [2.75, 3.05) is 20.2 Å². The maximum absolute atomic E-state index is 10.6. The number of likely N-dealkylation sites (tertiary alicyclic amines) is 1. The number of carboxylic acids is 1. The Morgan fingerprint density at radius 2 is 2.22 bits per heavy atom. The fraction of sp³-hybridized carbons (Fsp3) is 0.667. The van der Waals surface area contributed by atoms with Gasteiger partial charge in [0.05, 0.1) is 24.8 Å². The summed E-state index contributed by atoms with van der Waals surface area (Å²) >= 11 is 0. The molecule has 0 spiro atoms. The highest BCUT2D eigenvalue weighted by atomic mass is 16.5. The number of aromatic nitrogens is 2. The molecule has 2 heterocycles. The fourth-order valence-corrected chi connectivity index (χ4v) is 2.52. The molecule has 6 heteroatoms. The predicted molar refractivity (Wildman–Crippen MR) is 65.5 cm³/mol. The maximum atomic E-state index is 10.6. The summed E-state index contributed by atoms with van der Waals surface area (Å²) in [5.41, 5.74) is 2.06. The van der Waals surface area contributed by atoms with Crippen LogP contribution in [-0.4, -0.2) is 46.0 Å². The number of carbonyl (C=O) groups is 1. The number of nitrogens with zero attached hydrogens (tertiary/aromatic N) is 3. The quantitative estimate of drug-likeness (QED) is 0.834. The van der Waals surface area contributed by atoms with Crippen LogP contribution < -0.4 is 4.74 Å². The van der Waals surface area contributed by atoms with E-state index in [1.807, 2.05) is 14.0 Å². The van der Waals surface area contributed by atoms with E-state index < -0.39 is 5.97 Å². The number of aliphatic carboxylic acids is 1. The largest absolute Gasteiger partial charge is 0.481 e. The Bertz CT molecular complexity index is 450. The second-order valence-electron chi connectivity index (χ2n) is 4.85. The van der Waals surface area contributed by atoms with Gasteiger partial charge in [0.15, 0.2) is 0 Å². The fourth-order valence-electron chi connectivity index (χ4n) is 2.52. The highest BCUT2D eigenvalue weighted by Gasteiger charge is 2.30. The summed E-state index contributed by atoms with van der Waals surface area (Å²) in [5, 5.41) is 13.0. The number of ether oxygens (including phenoxy) is 1. The lowest BCUT2D eigenvalue weighted by Crippen LogP contribution is -2.46. The highest BCUT2D eigenvalue weighted by molar-refractivity contribution is 5.67. The molecule has 0 bridgehead atoms. The average Bonchev–Trinajstić information content (AvgIpc) is 2.49. The van der Waals surface area contributed by atoms with Crippen molar-refractivity contribution < 1.29 is 14.6 Å². The third-order valence-corrected chi connectivity index (χ3v) is 3.36. The van der Waals surface area contributed by atoms with Crippen LogP contribution in [0.4, 0.5) is 0 Å². The minimum Gasteiger partial charge on any atom is -0.481 e. The van der Waals surface area contributed by atoms with Crippen molar-refractivity contribution in [3.63, 3.8) is 0 Å². The van der Waals surface area contributed by atoms with Gasteiger partial charge in [-0.3, -0.25) is 9.69 Å². The van der Waals surface area contributed by atoms with E-state index in [-0.39, 0.29) is 12.3 Å². The van der Waals surface area contributed by atoms with Crippen molar-refractivity contribution >= 4 is 5.97 Å². The van der Waals surface area contributed by atoms with Crippen molar-refractivity contribution in [3.8, 4) is 5.88 Å². The van der Waals surface area contributed by atoms with Gasteiger partial charge in [-0.2, -0.15) is 5.10 Å². The molecule has 1 fully saturated rings. The van der Waals surface area contributed by atoms with Crippen LogP contribution in [0.15, 0.2) is 0 Å². The van der Waals surface area contributed by atoms with E-state index in [0.29, 0.717) is 0 Å². The molecule has 0 aliphatic carbocycles. The zero-order chi connectivity index (χ0) is 13.3. The van der Waals surface area contributed by atoms with Gasteiger partial charge in [-0.1, -0.05) is 0 Å². The molecule has 18 heavy (non-hydrogen) atoms. The Kier molecular flexibility index (Phi) is 3.56. The molecule has 1 aromatic rings. The van der Waals surface area contributed by atoms with Gasteiger partial charge in [0.2, 0.25) is 5.88 Å². The first-order valence-corrected chi connectivity index (χ1v) is 6.02. The number of methoxy groups -OCH3 is 1. The molecule has 100 valence electrons. The molecule has 0 atom stereocenters. The van der Waals surface area contributed by atoms with Gasteiger partial charge in [-0.15, -0.1) is 0 Å².